The van der Waals surface area contributed by atoms with Crippen molar-refractivity contribution in [3.05, 3.63) is 29.3 Å². The van der Waals surface area contributed by atoms with Crippen molar-refractivity contribution < 1.29 is 13.2 Å². The van der Waals surface area contributed by atoms with Gasteiger partial charge < -0.3 is 10.5 Å². The highest BCUT2D eigenvalue weighted by Gasteiger charge is 2.15. The summed E-state index contributed by atoms with van der Waals surface area (Å²) in [4.78, 5) is 0. The molecule has 106 valence electrons. The van der Waals surface area contributed by atoms with Crippen LogP contribution < -0.4 is 10.5 Å². The molecule has 0 bridgehead atoms. The van der Waals surface area contributed by atoms with Crippen LogP contribution in [0.5, 0.6) is 5.75 Å². The monoisotopic (exact) mass is 283 g/mol. The molecule has 0 spiro atoms. The summed E-state index contributed by atoms with van der Waals surface area (Å²) in [5, 5.41) is 0. The van der Waals surface area contributed by atoms with Crippen molar-refractivity contribution >= 4 is 9.84 Å². The summed E-state index contributed by atoms with van der Waals surface area (Å²) in [7, 11) is -2.88. The molecule has 0 radical (unpaired) electrons. The lowest BCUT2D eigenvalue weighted by Gasteiger charge is -2.13. The number of fused-ring (bicyclic) bond motifs is 1. The predicted molar refractivity (Wildman–Crippen MR) is 76.1 cm³/mol. The first kappa shape index (κ1) is 14.3. The molecule has 2 rings (SSSR count). The van der Waals surface area contributed by atoms with E-state index in [1.807, 2.05) is 12.1 Å². The molecule has 0 aromatic heterocycles. The lowest BCUT2D eigenvalue weighted by atomic mass is 10.00. The molecule has 1 atom stereocenters. The highest BCUT2D eigenvalue weighted by atomic mass is 32.2. The molecule has 0 fully saturated rings. The van der Waals surface area contributed by atoms with Crippen LogP contribution >= 0.6 is 0 Å². The third-order valence-corrected chi connectivity index (χ3v) is 5.34. The molecule has 1 aromatic carbocycles. The van der Waals surface area contributed by atoms with E-state index in [9.17, 15) is 8.42 Å². The molecule has 0 saturated heterocycles. The van der Waals surface area contributed by atoms with E-state index in [1.165, 1.54) is 5.56 Å². The Morgan fingerprint density at radius 1 is 1.42 bits per heavy atom. The SMILES string of the molecule is CCS(=O)(=O)CCCC(N)c1ccc2c(c1)CCO2. The number of rotatable bonds is 6. The molecule has 4 nitrogen and oxygen atoms in total. The molecule has 0 aliphatic carbocycles. The lowest BCUT2D eigenvalue weighted by Crippen LogP contribution is -2.14. The van der Waals surface area contributed by atoms with Crippen molar-refractivity contribution in [1.82, 2.24) is 0 Å². The van der Waals surface area contributed by atoms with E-state index in [0.29, 0.717) is 12.8 Å². The molecule has 1 aromatic rings. The Balaban J connectivity index is 1.91. The minimum Gasteiger partial charge on any atom is -0.493 e. The average molecular weight is 283 g/mol. The third kappa shape index (κ3) is 3.70. The van der Waals surface area contributed by atoms with Crippen molar-refractivity contribution in [3.8, 4) is 5.75 Å². The lowest BCUT2D eigenvalue weighted by molar-refractivity contribution is 0.357. The number of hydrogen-bond acceptors (Lipinski definition) is 4. The van der Waals surface area contributed by atoms with Crippen LogP contribution in [0.4, 0.5) is 0 Å². The standard InChI is InChI=1S/C14H21NO3S/c1-2-19(16,17)9-3-4-13(15)11-5-6-14-12(10-11)7-8-18-14/h5-6,10,13H,2-4,7-9,15H2,1H3. The fraction of sp³-hybridized carbons (Fsp3) is 0.571. The van der Waals surface area contributed by atoms with E-state index in [0.717, 1.165) is 24.3 Å². The first-order valence-corrected chi connectivity index (χ1v) is 8.55. The molecule has 1 aliphatic rings. The number of benzene rings is 1. The molecule has 5 heteroatoms. The zero-order valence-corrected chi connectivity index (χ0v) is 12.1. The number of sulfone groups is 1. The Labute approximate surface area is 114 Å². The third-order valence-electron chi connectivity index (χ3n) is 3.55. The summed E-state index contributed by atoms with van der Waals surface area (Å²) in [6, 6.07) is 5.92. The maximum absolute atomic E-state index is 11.4. The van der Waals surface area contributed by atoms with Gasteiger partial charge in [0.15, 0.2) is 0 Å². The molecular weight excluding hydrogens is 262 g/mol. The molecule has 0 saturated carbocycles. The second-order valence-corrected chi connectivity index (χ2v) is 7.42. The van der Waals surface area contributed by atoms with Gasteiger partial charge in [-0.05, 0) is 30.0 Å². The molecule has 2 N–H and O–H groups in total. The predicted octanol–water partition coefficient (Wildman–Crippen LogP) is 1.84. The topological polar surface area (TPSA) is 69.4 Å². The number of ether oxygens (including phenoxy) is 1. The van der Waals surface area contributed by atoms with Crippen molar-refractivity contribution in [2.75, 3.05) is 18.1 Å². The molecule has 1 aliphatic heterocycles. The van der Waals surface area contributed by atoms with Crippen molar-refractivity contribution in [3.63, 3.8) is 0 Å². The van der Waals surface area contributed by atoms with E-state index in [1.54, 1.807) is 6.92 Å². The maximum Gasteiger partial charge on any atom is 0.150 e. The maximum atomic E-state index is 11.4. The van der Waals surface area contributed by atoms with Crippen LogP contribution in [0.2, 0.25) is 0 Å². The van der Waals surface area contributed by atoms with Gasteiger partial charge in [-0.25, -0.2) is 8.42 Å². The van der Waals surface area contributed by atoms with Crippen LogP contribution in [0, 0.1) is 0 Å². The fourth-order valence-electron chi connectivity index (χ4n) is 2.27. The Kier molecular flexibility index (Phi) is 4.47. The van der Waals surface area contributed by atoms with Gasteiger partial charge in [0.1, 0.15) is 15.6 Å². The van der Waals surface area contributed by atoms with E-state index in [4.69, 9.17) is 10.5 Å². The highest BCUT2D eigenvalue weighted by molar-refractivity contribution is 7.91. The molecular formula is C14H21NO3S. The summed E-state index contributed by atoms with van der Waals surface area (Å²) in [5.74, 6) is 1.38. The minimum atomic E-state index is -2.88. The smallest absolute Gasteiger partial charge is 0.150 e. The Bertz CT molecular complexity index is 540. The summed E-state index contributed by atoms with van der Waals surface area (Å²) in [5.41, 5.74) is 8.39. The van der Waals surface area contributed by atoms with Crippen molar-refractivity contribution in [1.29, 1.82) is 0 Å². The van der Waals surface area contributed by atoms with Gasteiger partial charge in [-0.1, -0.05) is 19.1 Å². The summed E-state index contributed by atoms with van der Waals surface area (Å²) >= 11 is 0. The summed E-state index contributed by atoms with van der Waals surface area (Å²) < 4.78 is 28.3. The quantitative estimate of drug-likeness (QED) is 0.865. The van der Waals surface area contributed by atoms with Crippen LogP contribution in [-0.2, 0) is 16.3 Å². The van der Waals surface area contributed by atoms with Crippen LogP contribution in [0.1, 0.15) is 36.9 Å². The van der Waals surface area contributed by atoms with Crippen LogP contribution in [0.15, 0.2) is 18.2 Å². The zero-order valence-electron chi connectivity index (χ0n) is 11.3. The minimum absolute atomic E-state index is 0.0991. The van der Waals surface area contributed by atoms with Crippen LogP contribution in [0.25, 0.3) is 0 Å². The second-order valence-electron chi connectivity index (χ2n) is 4.95. The average Bonchev–Trinajstić information content (AvgIpc) is 2.85. The van der Waals surface area contributed by atoms with E-state index in [-0.39, 0.29) is 17.5 Å². The first-order valence-electron chi connectivity index (χ1n) is 6.73. The van der Waals surface area contributed by atoms with Gasteiger partial charge in [0.25, 0.3) is 0 Å². The number of hydrogen-bond donors (Lipinski definition) is 1. The van der Waals surface area contributed by atoms with Gasteiger partial charge in [-0.15, -0.1) is 0 Å². The zero-order chi connectivity index (χ0) is 13.9. The Morgan fingerprint density at radius 2 is 2.21 bits per heavy atom. The molecule has 19 heavy (non-hydrogen) atoms. The van der Waals surface area contributed by atoms with Crippen molar-refractivity contribution in [2.24, 2.45) is 5.73 Å². The first-order chi connectivity index (χ1) is 9.02. The van der Waals surface area contributed by atoms with E-state index >= 15 is 0 Å². The Morgan fingerprint density at radius 3 is 2.95 bits per heavy atom. The van der Waals surface area contributed by atoms with Gasteiger partial charge in [0, 0.05) is 18.2 Å². The second kappa shape index (κ2) is 5.92. The van der Waals surface area contributed by atoms with E-state index < -0.39 is 9.84 Å². The molecule has 0 amide bonds. The fourth-order valence-corrected chi connectivity index (χ4v) is 3.17. The van der Waals surface area contributed by atoms with Gasteiger partial charge in [0.2, 0.25) is 0 Å². The van der Waals surface area contributed by atoms with Gasteiger partial charge in [-0.2, -0.15) is 0 Å². The van der Waals surface area contributed by atoms with Crippen LogP contribution in [0.3, 0.4) is 0 Å². The largest absolute Gasteiger partial charge is 0.493 e. The highest BCUT2D eigenvalue weighted by Crippen LogP contribution is 2.28. The molecule has 1 heterocycles. The Hall–Kier alpha value is -1.07. The summed E-state index contributed by atoms with van der Waals surface area (Å²) in [6.07, 6.45) is 2.24. The van der Waals surface area contributed by atoms with Crippen LogP contribution in [-0.4, -0.2) is 26.5 Å². The molecule has 1 unspecified atom stereocenters. The normalized spacial score (nSPS) is 15.9. The van der Waals surface area contributed by atoms with Crippen molar-refractivity contribution in [2.45, 2.75) is 32.2 Å². The van der Waals surface area contributed by atoms with Gasteiger partial charge in [-0.3, -0.25) is 0 Å². The number of nitrogens with two attached hydrogens (primary N) is 1. The van der Waals surface area contributed by atoms with E-state index in [2.05, 4.69) is 6.07 Å². The van der Waals surface area contributed by atoms with Gasteiger partial charge in [0.05, 0.1) is 12.4 Å². The summed E-state index contributed by atoms with van der Waals surface area (Å²) in [6.45, 7) is 2.42. The van der Waals surface area contributed by atoms with Gasteiger partial charge >= 0.3 is 0 Å².